The third kappa shape index (κ3) is 6.07. The molecule has 4 rings (SSSR count). The van der Waals surface area contributed by atoms with Gasteiger partial charge >= 0.3 is 0 Å². The number of rotatable bonds is 10. The molecule has 0 atom stereocenters. The molecule has 3 amide bonds. The van der Waals surface area contributed by atoms with Crippen molar-refractivity contribution in [2.24, 2.45) is 0 Å². The molecule has 0 fully saturated rings. The van der Waals surface area contributed by atoms with Gasteiger partial charge in [0.25, 0.3) is 17.7 Å². The second-order valence-electron chi connectivity index (χ2n) is 9.28. The molecule has 0 bridgehead atoms. The summed E-state index contributed by atoms with van der Waals surface area (Å²) in [6, 6.07) is 19.4. The number of halogens is 1. The van der Waals surface area contributed by atoms with Crippen LogP contribution >= 0.6 is 11.6 Å². The molecule has 1 heterocycles. The van der Waals surface area contributed by atoms with E-state index in [1.807, 2.05) is 30.3 Å². The summed E-state index contributed by atoms with van der Waals surface area (Å²) in [6.07, 6.45) is 0.616. The second kappa shape index (κ2) is 12.0. The van der Waals surface area contributed by atoms with Crippen molar-refractivity contribution in [1.29, 1.82) is 0 Å². The monoisotopic (exact) mass is 547 g/mol. The van der Waals surface area contributed by atoms with Crippen LogP contribution in [0.4, 0.5) is 11.4 Å². The molecular weight excluding hydrogens is 518 g/mol. The fourth-order valence-electron chi connectivity index (χ4n) is 4.16. The van der Waals surface area contributed by atoms with Crippen molar-refractivity contribution in [3.05, 3.63) is 94.1 Å². The Morgan fingerprint density at radius 3 is 2.18 bits per heavy atom. The van der Waals surface area contributed by atoms with E-state index in [4.69, 9.17) is 21.1 Å². The number of carbonyl (C=O) groups excluding carboxylic acids is 3. The van der Waals surface area contributed by atoms with Crippen molar-refractivity contribution in [3.8, 4) is 11.5 Å². The zero-order chi connectivity index (χ0) is 28.1. The Balaban J connectivity index is 1.36. The van der Waals surface area contributed by atoms with Gasteiger partial charge in [0.15, 0.2) is 11.5 Å². The van der Waals surface area contributed by atoms with Crippen molar-refractivity contribution in [2.75, 3.05) is 31.0 Å². The van der Waals surface area contributed by atoms with E-state index in [0.717, 1.165) is 16.0 Å². The van der Waals surface area contributed by atoms with E-state index >= 15 is 0 Å². The molecule has 2 N–H and O–H groups in total. The fourth-order valence-corrected chi connectivity index (χ4v) is 4.37. The Kier molecular flexibility index (Phi) is 8.56. The van der Waals surface area contributed by atoms with E-state index in [-0.39, 0.29) is 16.6 Å². The number of ether oxygens (including phenoxy) is 2. The van der Waals surface area contributed by atoms with Crippen LogP contribution < -0.4 is 25.0 Å². The quantitative estimate of drug-likeness (QED) is 0.337. The van der Waals surface area contributed by atoms with Crippen molar-refractivity contribution in [1.82, 2.24) is 5.32 Å². The van der Waals surface area contributed by atoms with E-state index in [2.05, 4.69) is 24.5 Å². The molecule has 0 saturated carbocycles. The maximum absolute atomic E-state index is 13.1. The molecule has 39 heavy (non-hydrogen) atoms. The highest BCUT2D eigenvalue weighted by atomic mass is 35.5. The molecule has 0 spiro atoms. The van der Waals surface area contributed by atoms with Gasteiger partial charge in [0, 0.05) is 17.8 Å². The van der Waals surface area contributed by atoms with Gasteiger partial charge in [-0.25, -0.2) is 4.90 Å². The lowest BCUT2D eigenvalue weighted by Gasteiger charge is -2.16. The van der Waals surface area contributed by atoms with Crippen LogP contribution in [0.2, 0.25) is 0 Å². The average Bonchev–Trinajstić information content (AvgIpc) is 3.16. The van der Waals surface area contributed by atoms with Crippen LogP contribution in [0.15, 0.2) is 77.5 Å². The summed E-state index contributed by atoms with van der Waals surface area (Å²) in [4.78, 5) is 39.5. The Labute approximate surface area is 232 Å². The maximum atomic E-state index is 13.1. The smallest absolute Gasteiger partial charge is 0.283 e. The van der Waals surface area contributed by atoms with Crippen molar-refractivity contribution in [3.63, 3.8) is 0 Å². The average molecular weight is 548 g/mol. The standard InChI is InChI=1S/C30H30ClN3O5/c1-18(2)20-8-12-23(13-9-20)34-29(36)26(31)27(30(34)37)33-22-10-6-21(7-11-22)28(35)32-16-15-19-5-14-24(38-3)25(17-19)39-4/h5-14,17-18,33H,15-16H2,1-4H3,(H,32,35). The number of nitrogens with one attached hydrogen (secondary N) is 2. The van der Waals surface area contributed by atoms with Crippen molar-refractivity contribution >= 4 is 40.7 Å². The van der Waals surface area contributed by atoms with Crippen molar-refractivity contribution in [2.45, 2.75) is 26.2 Å². The van der Waals surface area contributed by atoms with Gasteiger partial charge in [-0.2, -0.15) is 0 Å². The van der Waals surface area contributed by atoms with E-state index in [0.29, 0.717) is 47.3 Å². The van der Waals surface area contributed by atoms with Crippen LogP contribution in [0.1, 0.15) is 41.3 Å². The van der Waals surface area contributed by atoms with Crippen LogP contribution in [0.3, 0.4) is 0 Å². The molecule has 0 aliphatic carbocycles. The molecule has 0 saturated heterocycles. The van der Waals surface area contributed by atoms with Gasteiger partial charge in [-0.1, -0.05) is 43.6 Å². The molecule has 202 valence electrons. The highest BCUT2D eigenvalue weighted by Gasteiger charge is 2.39. The summed E-state index contributed by atoms with van der Waals surface area (Å²) in [5.41, 5.74) is 3.50. The predicted octanol–water partition coefficient (Wildman–Crippen LogP) is 5.24. The number of benzene rings is 3. The third-order valence-electron chi connectivity index (χ3n) is 6.41. The first-order chi connectivity index (χ1) is 18.7. The van der Waals surface area contributed by atoms with Gasteiger partial charge < -0.3 is 20.1 Å². The summed E-state index contributed by atoms with van der Waals surface area (Å²) < 4.78 is 10.6. The minimum atomic E-state index is -0.591. The highest BCUT2D eigenvalue weighted by molar-refractivity contribution is 6.53. The first-order valence-electron chi connectivity index (χ1n) is 12.5. The minimum absolute atomic E-state index is 0.0123. The van der Waals surface area contributed by atoms with Crippen LogP contribution in [0, 0.1) is 0 Å². The maximum Gasteiger partial charge on any atom is 0.283 e. The summed E-state index contributed by atoms with van der Waals surface area (Å²) in [5.74, 6) is 0.237. The van der Waals surface area contributed by atoms with E-state index in [1.54, 1.807) is 50.6 Å². The highest BCUT2D eigenvalue weighted by Crippen LogP contribution is 2.31. The summed E-state index contributed by atoms with van der Waals surface area (Å²) in [7, 11) is 3.16. The third-order valence-corrected chi connectivity index (χ3v) is 6.76. The number of methoxy groups -OCH3 is 2. The number of nitrogens with zero attached hydrogens (tertiary/aromatic N) is 1. The van der Waals surface area contributed by atoms with Gasteiger partial charge in [0.2, 0.25) is 0 Å². The Morgan fingerprint density at radius 1 is 0.897 bits per heavy atom. The zero-order valence-corrected chi connectivity index (χ0v) is 23.0. The SMILES string of the molecule is COc1ccc(CCNC(=O)c2ccc(NC3=C(Cl)C(=O)N(c4ccc(C(C)C)cc4)C3=O)cc2)cc1OC. The lowest BCUT2D eigenvalue weighted by molar-refractivity contribution is -0.120. The fraction of sp³-hybridized carbons (Fsp3) is 0.233. The molecule has 8 nitrogen and oxygen atoms in total. The lowest BCUT2D eigenvalue weighted by Crippen LogP contribution is -2.32. The van der Waals surface area contributed by atoms with Gasteiger partial charge in [-0.05, 0) is 72.0 Å². The summed E-state index contributed by atoms with van der Waals surface area (Å²) >= 11 is 6.25. The second-order valence-corrected chi connectivity index (χ2v) is 9.66. The van der Waals surface area contributed by atoms with Gasteiger partial charge in [-0.3, -0.25) is 14.4 Å². The topological polar surface area (TPSA) is 97.0 Å². The van der Waals surface area contributed by atoms with E-state index in [9.17, 15) is 14.4 Å². The van der Waals surface area contributed by atoms with E-state index < -0.39 is 11.8 Å². The molecule has 0 unspecified atom stereocenters. The Hall–Kier alpha value is -4.30. The first kappa shape index (κ1) is 27.7. The zero-order valence-electron chi connectivity index (χ0n) is 22.2. The molecule has 3 aromatic rings. The molecule has 0 aromatic heterocycles. The molecular formula is C30H30ClN3O5. The van der Waals surface area contributed by atoms with Gasteiger partial charge in [-0.15, -0.1) is 0 Å². The summed E-state index contributed by atoms with van der Waals surface area (Å²) in [5, 5.41) is 5.64. The molecule has 3 aromatic carbocycles. The minimum Gasteiger partial charge on any atom is -0.493 e. The van der Waals surface area contributed by atoms with Crippen LogP contribution in [-0.4, -0.2) is 38.5 Å². The lowest BCUT2D eigenvalue weighted by atomic mass is 10.0. The molecule has 0 radical (unpaired) electrons. The number of hydrogen-bond acceptors (Lipinski definition) is 6. The Morgan fingerprint density at radius 2 is 1.56 bits per heavy atom. The predicted molar refractivity (Wildman–Crippen MR) is 152 cm³/mol. The van der Waals surface area contributed by atoms with Gasteiger partial charge in [0.05, 0.1) is 19.9 Å². The van der Waals surface area contributed by atoms with Gasteiger partial charge in [0.1, 0.15) is 10.7 Å². The largest absolute Gasteiger partial charge is 0.493 e. The normalized spacial score (nSPS) is 13.2. The summed E-state index contributed by atoms with van der Waals surface area (Å²) in [6.45, 7) is 4.56. The van der Waals surface area contributed by atoms with E-state index in [1.165, 1.54) is 0 Å². The number of imide groups is 1. The number of carbonyl (C=O) groups is 3. The van der Waals surface area contributed by atoms with Crippen LogP contribution in [0.5, 0.6) is 11.5 Å². The Bertz CT molecular complexity index is 1420. The number of anilines is 2. The molecule has 1 aliphatic heterocycles. The van der Waals surface area contributed by atoms with Crippen molar-refractivity contribution < 1.29 is 23.9 Å². The van der Waals surface area contributed by atoms with Crippen LogP contribution in [0.25, 0.3) is 0 Å². The van der Waals surface area contributed by atoms with Crippen LogP contribution in [-0.2, 0) is 16.0 Å². The molecule has 1 aliphatic rings. The molecule has 9 heteroatoms. The first-order valence-corrected chi connectivity index (χ1v) is 12.9. The number of amides is 3. The number of hydrogen-bond donors (Lipinski definition) is 2.